The van der Waals surface area contributed by atoms with Crippen molar-refractivity contribution in [3.8, 4) is 0 Å². The van der Waals surface area contributed by atoms with Crippen molar-refractivity contribution in [3.63, 3.8) is 0 Å². The van der Waals surface area contributed by atoms with Crippen molar-refractivity contribution >= 4 is 29.2 Å². The molecule has 0 aromatic heterocycles. The molecule has 1 saturated carbocycles. The van der Waals surface area contributed by atoms with E-state index in [-0.39, 0.29) is 16.9 Å². The van der Waals surface area contributed by atoms with Crippen molar-refractivity contribution in [3.05, 3.63) is 0 Å². The Morgan fingerprint density at radius 1 is 1.58 bits per heavy atom. The maximum atomic E-state index is 10.5. The van der Waals surface area contributed by atoms with E-state index in [1.165, 1.54) is 0 Å². The van der Waals surface area contributed by atoms with E-state index in [9.17, 15) is 9.59 Å². The van der Waals surface area contributed by atoms with Gasteiger partial charge in [-0.25, -0.2) is 4.79 Å². The summed E-state index contributed by atoms with van der Waals surface area (Å²) in [5, 5.41) is 13.0. The fourth-order valence-corrected chi connectivity index (χ4v) is 1.16. The van der Waals surface area contributed by atoms with Gasteiger partial charge in [0, 0.05) is 18.9 Å². The van der Waals surface area contributed by atoms with Crippen molar-refractivity contribution < 1.29 is 14.7 Å². The van der Waals surface area contributed by atoms with E-state index in [0.717, 1.165) is 0 Å². The van der Waals surface area contributed by atoms with Gasteiger partial charge in [0.15, 0.2) is 5.11 Å². The van der Waals surface area contributed by atoms with E-state index in [4.69, 9.17) is 5.11 Å². The van der Waals surface area contributed by atoms with Crippen molar-refractivity contribution in [2.24, 2.45) is 0 Å². The minimum Gasteiger partial charge on any atom is -0.465 e. The Hall–Kier alpha value is -1.17. The molecule has 0 atom stereocenters. The second kappa shape index (κ2) is 3.48. The van der Waals surface area contributed by atoms with Crippen LogP contribution in [0.25, 0.3) is 0 Å². The molecule has 0 bridgehead atoms. The Morgan fingerprint density at radius 2 is 2.17 bits per heavy atom. The number of hydrogen-bond acceptors (Lipinski definition) is 3. The van der Waals surface area contributed by atoms with E-state index in [1.54, 1.807) is 0 Å². The molecule has 1 fully saturated rings. The third-order valence-electron chi connectivity index (χ3n) is 1.50. The number of carbonyl (C=O) groups is 2. The predicted molar refractivity (Wildman–Crippen MR) is 44.9 cm³/mol. The Morgan fingerprint density at radius 3 is 2.58 bits per heavy atom. The van der Waals surface area contributed by atoms with Crippen LogP contribution in [0.4, 0.5) is 4.79 Å². The van der Waals surface area contributed by atoms with Gasteiger partial charge in [0.25, 0.3) is 0 Å². The number of amides is 1. The molecular weight excluding hydrogens is 180 g/mol. The highest BCUT2D eigenvalue weighted by Gasteiger charge is 2.26. The number of nitrogens with one attached hydrogen (secondary N) is 2. The molecule has 0 saturated heterocycles. The van der Waals surface area contributed by atoms with Gasteiger partial charge in [-0.2, -0.15) is 0 Å². The maximum absolute atomic E-state index is 10.5. The molecule has 0 radical (unpaired) electrons. The summed E-state index contributed by atoms with van der Waals surface area (Å²) >= 11 is 4.63. The summed E-state index contributed by atoms with van der Waals surface area (Å²) in [6.45, 7) is 0. The zero-order chi connectivity index (χ0) is 9.14. The van der Waals surface area contributed by atoms with E-state index in [0.29, 0.717) is 12.8 Å². The Bertz CT molecular complexity index is 233. The first-order valence-corrected chi connectivity index (χ1v) is 3.81. The SMILES string of the molecule is O=C1CC(NC(=S)NC(=O)O)C1. The van der Waals surface area contributed by atoms with Crippen LogP contribution in [-0.2, 0) is 4.79 Å². The van der Waals surface area contributed by atoms with E-state index < -0.39 is 6.09 Å². The normalized spacial score (nSPS) is 16.5. The minimum atomic E-state index is -1.20. The van der Waals surface area contributed by atoms with Gasteiger partial charge < -0.3 is 10.4 Å². The summed E-state index contributed by atoms with van der Waals surface area (Å²) < 4.78 is 0. The molecule has 1 amide bonds. The summed E-state index contributed by atoms with van der Waals surface area (Å²) in [7, 11) is 0. The molecule has 0 aromatic carbocycles. The van der Waals surface area contributed by atoms with Crippen molar-refractivity contribution in [2.75, 3.05) is 0 Å². The van der Waals surface area contributed by atoms with Crippen molar-refractivity contribution in [2.45, 2.75) is 18.9 Å². The molecule has 0 heterocycles. The van der Waals surface area contributed by atoms with Crippen LogP contribution in [0.3, 0.4) is 0 Å². The number of thiocarbonyl (C=S) groups is 1. The number of carboxylic acid groups (broad SMARTS) is 1. The minimum absolute atomic E-state index is 0.0110. The molecule has 0 aliphatic heterocycles. The number of Topliss-reactive ketones (excluding diaryl/α,β-unsaturated/α-hetero) is 1. The smallest absolute Gasteiger partial charge is 0.410 e. The molecule has 0 aromatic rings. The lowest BCUT2D eigenvalue weighted by molar-refractivity contribution is -0.124. The molecular formula is C6H8N2O3S. The monoisotopic (exact) mass is 188 g/mol. The zero-order valence-corrected chi connectivity index (χ0v) is 6.98. The zero-order valence-electron chi connectivity index (χ0n) is 6.16. The van der Waals surface area contributed by atoms with Gasteiger partial charge in [0.1, 0.15) is 5.78 Å². The molecule has 1 aliphatic rings. The van der Waals surface area contributed by atoms with Gasteiger partial charge in [0.05, 0.1) is 0 Å². The highest BCUT2D eigenvalue weighted by molar-refractivity contribution is 7.80. The van der Waals surface area contributed by atoms with Crippen LogP contribution in [0, 0.1) is 0 Å². The molecule has 66 valence electrons. The first-order valence-electron chi connectivity index (χ1n) is 3.40. The first-order chi connectivity index (χ1) is 5.58. The molecule has 5 nitrogen and oxygen atoms in total. The largest absolute Gasteiger partial charge is 0.465 e. The van der Waals surface area contributed by atoms with Gasteiger partial charge in [0.2, 0.25) is 0 Å². The lowest BCUT2D eigenvalue weighted by atomic mass is 9.92. The highest BCUT2D eigenvalue weighted by atomic mass is 32.1. The van der Waals surface area contributed by atoms with Crippen LogP contribution in [0.1, 0.15) is 12.8 Å². The average Bonchev–Trinajstić information content (AvgIpc) is 1.82. The average molecular weight is 188 g/mol. The van der Waals surface area contributed by atoms with Crippen LogP contribution in [0.2, 0.25) is 0 Å². The second-order valence-corrected chi connectivity index (χ2v) is 2.96. The molecule has 0 unspecified atom stereocenters. The molecule has 1 rings (SSSR count). The Balaban J connectivity index is 2.19. The van der Waals surface area contributed by atoms with Gasteiger partial charge in [-0.3, -0.25) is 10.1 Å². The molecule has 1 aliphatic carbocycles. The lowest BCUT2D eigenvalue weighted by Crippen LogP contribution is -2.49. The molecule has 12 heavy (non-hydrogen) atoms. The summed E-state index contributed by atoms with van der Waals surface area (Å²) in [6, 6.07) is 0.0110. The summed E-state index contributed by atoms with van der Waals surface area (Å²) in [4.78, 5) is 20.5. The highest BCUT2D eigenvalue weighted by Crippen LogP contribution is 2.13. The summed E-state index contributed by atoms with van der Waals surface area (Å²) in [5.41, 5.74) is 0. The molecule has 0 spiro atoms. The standard InChI is InChI=1S/C6H8N2O3S/c9-4-1-3(2-4)7-5(12)8-6(10)11/h3H,1-2H2,(H,10,11)(H2,7,8,12). The first kappa shape index (κ1) is 8.92. The van der Waals surface area contributed by atoms with Crippen LogP contribution < -0.4 is 10.6 Å². The second-order valence-electron chi connectivity index (χ2n) is 2.55. The summed E-state index contributed by atoms with van der Waals surface area (Å²) in [5.74, 6) is 0.172. The number of carbonyl (C=O) groups excluding carboxylic acids is 1. The third-order valence-corrected chi connectivity index (χ3v) is 1.72. The van der Waals surface area contributed by atoms with Gasteiger partial charge in [-0.15, -0.1) is 0 Å². The third kappa shape index (κ3) is 2.46. The number of hydrogen-bond donors (Lipinski definition) is 3. The van der Waals surface area contributed by atoms with E-state index in [2.05, 4.69) is 17.5 Å². The lowest BCUT2D eigenvalue weighted by Gasteiger charge is -2.25. The van der Waals surface area contributed by atoms with Crippen LogP contribution >= 0.6 is 12.2 Å². The van der Waals surface area contributed by atoms with Crippen LogP contribution in [0.15, 0.2) is 0 Å². The Labute approximate surface area is 74.1 Å². The van der Waals surface area contributed by atoms with Gasteiger partial charge >= 0.3 is 6.09 Å². The van der Waals surface area contributed by atoms with E-state index >= 15 is 0 Å². The van der Waals surface area contributed by atoms with Gasteiger partial charge in [-0.05, 0) is 12.2 Å². The fraction of sp³-hybridized carbons (Fsp3) is 0.500. The topological polar surface area (TPSA) is 78.4 Å². The molecule has 3 N–H and O–H groups in total. The fourth-order valence-electron chi connectivity index (χ4n) is 0.911. The van der Waals surface area contributed by atoms with Crippen molar-refractivity contribution in [1.29, 1.82) is 0 Å². The van der Waals surface area contributed by atoms with E-state index in [1.807, 2.05) is 5.32 Å². The van der Waals surface area contributed by atoms with Crippen LogP contribution in [-0.4, -0.2) is 28.1 Å². The van der Waals surface area contributed by atoms with Crippen molar-refractivity contribution in [1.82, 2.24) is 10.6 Å². The van der Waals surface area contributed by atoms with Gasteiger partial charge in [-0.1, -0.05) is 0 Å². The predicted octanol–water partition coefficient (Wildman–Crippen LogP) is -0.140. The maximum Gasteiger partial charge on any atom is 0.410 e. The number of ketones is 1. The molecule has 6 heteroatoms. The Kier molecular flexibility index (Phi) is 2.59. The quantitative estimate of drug-likeness (QED) is 0.499. The number of rotatable bonds is 1. The summed E-state index contributed by atoms with van der Waals surface area (Å²) in [6.07, 6.45) is -0.332. The van der Waals surface area contributed by atoms with Crippen LogP contribution in [0.5, 0.6) is 0 Å².